The third kappa shape index (κ3) is 3.52. The number of ether oxygens (including phenoxy) is 2. The molecule has 2 aromatic carbocycles. The largest absolute Gasteiger partial charge is 0.497 e. The second-order valence-electron chi connectivity index (χ2n) is 4.45. The number of rotatable bonds is 5. The van der Waals surface area contributed by atoms with E-state index in [2.05, 4.69) is 15.9 Å². The molecule has 1 N–H and O–H groups in total. The summed E-state index contributed by atoms with van der Waals surface area (Å²) in [6, 6.07) is 13.2. The molecule has 0 spiro atoms. The van der Waals surface area contributed by atoms with Gasteiger partial charge in [-0.2, -0.15) is 0 Å². The Bertz CT molecular complexity index is 566. The van der Waals surface area contributed by atoms with Crippen molar-refractivity contribution in [3.8, 4) is 11.5 Å². The summed E-state index contributed by atoms with van der Waals surface area (Å²) in [4.78, 5) is 0. The molecule has 3 nitrogen and oxygen atoms in total. The van der Waals surface area contributed by atoms with Crippen molar-refractivity contribution in [2.24, 2.45) is 0 Å². The molecule has 0 saturated carbocycles. The second kappa shape index (κ2) is 6.77. The summed E-state index contributed by atoms with van der Waals surface area (Å²) in [5.41, 5.74) is 1.87. The third-order valence-electron chi connectivity index (χ3n) is 3.17. The Labute approximate surface area is 127 Å². The molecule has 0 aliphatic heterocycles. The highest BCUT2D eigenvalue weighted by atomic mass is 79.9. The molecule has 0 fully saturated rings. The van der Waals surface area contributed by atoms with E-state index >= 15 is 0 Å². The van der Waals surface area contributed by atoms with Gasteiger partial charge >= 0.3 is 0 Å². The summed E-state index contributed by atoms with van der Waals surface area (Å²) in [7, 11) is 3.26. The maximum absolute atomic E-state index is 10.3. The van der Waals surface area contributed by atoms with Crippen molar-refractivity contribution in [2.75, 3.05) is 14.2 Å². The SMILES string of the molecule is COc1ccc([C@H](O)Cc2cc(OC)ccc2Br)cc1. The van der Waals surface area contributed by atoms with Crippen LogP contribution in [0.15, 0.2) is 46.9 Å². The zero-order chi connectivity index (χ0) is 14.5. The number of hydrogen-bond donors (Lipinski definition) is 1. The molecule has 0 aliphatic carbocycles. The van der Waals surface area contributed by atoms with Gasteiger partial charge in [-0.3, -0.25) is 0 Å². The zero-order valence-electron chi connectivity index (χ0n) is 11.5. The molecule has 0 radical (unpaired) electrons. The normalized spacial score (nSPS) is 12.0. The summed E-state index contributed by atoms with van der Waals surface area (Å²) >= 11 is 3.50. The minimum atomic E-state index is -0.565. The lowest BCUT2D eigenvalue weighted by molar-refractivity contribution is 0.178. The Hall–Kier alpha value is -1.52. The average molecular weight is 337 g/mol. The number of halogens is 1. The molecule has 0 unspecified atom stereocenters. The van der Waals surface area contributed by atoms with E-state index in [0.717, 1.165) is 27.1 Å². The quantitative estimate of drug-likeness (QED) is 0.903. The molecule has 0 heterocycles. The van der Waals surface area contributed by atoms with E-state index in [9.17, 15) is 5.11 Å². The van der Waals surface area contributed by atoms with Crippen molar-refractivity contribution in [1.29, 1.82) is 0 Å². The second-order valence-corrected chi connectivity index (χ2v) is 5.30. The van der Waals surface area contributed by atoms with E-state index in [0.29, 0.717) is 6.42 Å². The number of hydrogen-bond acceptors (Lipinski definition) is 3. The molecule has 2 aromatic rings. The fourth-order valence-corrected chi connectivity index (χ4v) is 2.40. The van der Waals surface area contributed by atoms with Crippen LogP contribution in [0.25, 0.3) is 0 Å². The van der Waals surface area contributed by atoms with Crippen molar-refractivity contribution in [3.05, 3.63) is 58.1 Å². The predicted octanol–water partition coefficient (Wildman–Crippen LogP) is 3.74. The third-order valence-corrected chi connectivity index (χ3v) is 3.94. The van der Waals surface area contributed by atoms with Gasteiger partial charge in [-0.1, -0.05) is 28.1 Å². The van der Waals surface area contributed by atoms with Crippen LogP contribution >= 0.6 is 15.9 Å². The van der Waals surface area contributed by atoms with E-state index < -0.39 is 6.10 Å². The summed E-state index contributed by atoms with van der Waals surface area (Å²) in [5, 5.41) is 10.3. The minimum Gasteiger partial charge on any atom is -0.497 e. The van der Waals surface area contributed by atoms with E-state index in [1.807, 2.05) is 42.5 Å². The average Bonchev–Trinajstić information content (AvgIpc) is 2.49. The van der Waals surface area contributed by atoms with Gasteiger partial charge in [0.2, 0.25) is 0 Å². The minimum absolute atomic E-state index is 0.518. The molecular formula is C16H17BrO3. The Morgan fingerprint density at radius 3 is 2.20 bits per heavy atom. The van der Waals surface area contributed by atoms with Crippen molar-refractivity contribution in [2.45, 2.75) is 12.5 Å². The molecule has 0 bridgehead atoms. The Morgan fingerprint density at radius 1 is 1.00 bits per heavy atom. The van der Waals surface area contributed by atoms with E-state index in [4.69, 9.17) is 9.47 Å². The number of methoxy groups -OCH3 is 2. The molecule has 1 atom stereocenters. The molecule has 0 aromatic heterocycles. The van der Waals surface area contributed by atoms with Crippen molar-refractivity contribution in [1.82, 2.24) is 0 Å². The molecule has 0 amide bonds. The van der Waals surface area contributed by atoms with Crippen molar-refractivity contribution >= 4 is 15.9 Å². The van der Waals surface area contributed by atoms with Crippen LogP contribution < -0.4 is 9.47 Å². The fourth-order valence-electron chi connectivity index (χ4n) is 1.99. The standard InChI is InChI=1S/C16H17BrO3/c1-19-13-5-3-11(4-6-13)16(18)10-12-9-14(20-2)7-8-15(12)17/h3-9,16,18H,10H2,1-2H3/t16-/m1/s1. The molecule has 4 heteroatoms. The lowest BCUT2D eigenvalue weighted by Crippen LogP contribution is -2.02. The highest BCUT2D eigenvalue weighted by molar-refractivity contribution is 9.10. The highest BCUT2D eigenvalue weighted by Gasteiger charge is 2.11. The van der Waals surface area contributed by atoms with Crippen molar-refractivity contribution in [3.63, 3.8) is 0 Å². The Morgan fingerprint density at radius 2 is 1.60 bits per heavy atom. The summed E-state index contributed by atoms with van der Waals surface area (Å²) in [5.74, 6) is 1.56. The first-order chi connectivity index (χ1) is 9.63. The first-order valence-electron chi connectivity index (χ1n) is 6.28. The molecule has 0 aliphatic rings. The predicted molar refractivity (Wildman–Crippen MR) is 82.4 cm³/mol. The molecule has 2 rings (SSSR count). The van der Waals surface area contributed by atoms with Crippen molar-refractivity contribution < 1.29 is 14.6 Å². The number of benzene rings is 2. The maximum Gasteiger partial charge on any atom is 0.119 e. The fraction of sp³-hybridized carbons (Fsp3) is 0.250. The lowest BCUT2D eigenvalue weighted by atomic mass is 10.0. The van der Waals surface area contributed by atoms with Crippen LogP contribution in [-0.4, -0.2) is 19.3 Å². The molecule has 106 valence electrons. The van der Waals surface area contributed by atoms with Gasteiger partial charge in [-0.05, 0) is 41.5 Å². The molecule has 20 heavy (non-hydrogen) atoms. The summed E-state index contributed by atoms with van der Waals surface area (Å²) in [6.45, 7) is 0. The monoisotopic (exact) mass is 336 g/mol. The zero-order valence-corrected chi connectivity index (χ0v) is 13.1. The summed E-state index contributed by atoms with van der Waals surface area (Å²) in [6.07, 6.45) is -0.0475. The first-order valence-corrected chi connectivity index (χ1v) is 7.07. The van der Waals surface area contributed by atoms with Crippen LogP contribution in [0, 0.1) is 0 Å². The van der Waals surface area contributed by atoms with Gasteiger partial charge in [0, 0.05) is 10.9 Å². The summed E-state index contributed by atoms with van der Waals surface area (Å²) < 4.78 is 11.3. The van der Waals surface area contributed by atoms with Crippen LogP contribution in [0.2, 0.25) is 0 Å². The first kappa shape index (κ1) is 14.9. The number of aliphatic hydroxyl groups excluding tert-OH is 1. The molecular weight excluding hydrogens is 320 g/mol. The van der Waals surface area contributed by atoms with Crippen LogP contribution in [0.4, 0.5) is 0 Å². The van der Waals surface area contributed by atoms with Crippen LogP contribution in [0.1, 0.15) is 17.2 Å². The van der Waals surface area contributed by atoms with Gasteiger partial charge in [0.05, 0.1) is 20.3 Å². The van der Waals surface area contributed by atoms with E-state index in [1.54, 1.807) is 14.2 Å². The van der Waals surface area contributed by atoms with Gasteiger partial charge in [0.15, 0.2) is 0 Å². The maximum atomic E-state index is 10.3. The van der Waals surface area contributed by atoms with E-state index in [1.165, 1.54) is 0 Å². The highest BCUT2D eigenvalue weighted by Crippen LogP contribution is 2.28. The van der Waals surface area contributed by atoms with Crippen LogP contribution in [0.3, 0.4) is 0 Å². The lowest BCUT2D eigenvalue weighted by Gasteiger charge is -2.14. The smallest absolute Gasteiger partial charge is 0.119 e. The van der Waals surface area contributed by atoms with Gasteiger partial charge < -0.3 is 14.6 Å². The molecule has 0 saturated heterocycles. The van der Waals surface area contributed by atoms with Gasteiger partial charge in [-0.15, -0.1) is 0 Å². The Balaban J connectivity index is 2.15. The van der Waals surface area contributed by atoms with Crippen LogP contribution in [-0.2, 0) is 6.42 Å². The Kier molecular flexibility index (Phi) is 5.04. The van der Waals surface area contributed by atoms with E-state index in [-0.39, 0.29) is 0 Å². The van der Waals surface area contributed by atoms with Gasteiger partial charge in [-0.25, -0.2) is 0 Å². The topological polar surface area (TPSA) is 38.7 Å². The van der Waals surface area contributed by atoms with Gasteiger partial charge in [0.1, 0.15) is 11.5 Å². The van der Waals surface area contributed by atoms with Crippen LogP contribution in [0.5, 0.6) is 11.5 Å². The van der Waals surface area contributed by atoms with Gasteiger partial charge in [0.25, 0.3) is 0 Å². The number of aliphatic hydroxyl groups is 1.